The molecule has 1 aliphatic rings. The Labute approximate surface area is 140 Å². The van der Waals surface area contributed by atoms with Crippen molar-refractivity contribution in [1.82, 2.24) is 9.80 Å². The first kappa shape index (κ1) is 18.0. The maximum Gasteiger partial charge on any atom is 0.231 e. The first-order valence-electron chi connectivity index (χ1n) is 8.95. The predicted octanol–water partition coefficient (Wildman–Crippen LogP) is 2.31. The van der Waals surface area contributed by atoms with E-state index in [9.17, 15) is 4.79 Å². The van der Waals surface area contributed by atoms with E-state index in [0.717, 1.165) is 51.1 Å². The van der Waals surface area contributed by atoms with E-state index in [2.05, 4.69) is 18.7 Å². The molecule has 0 aliphatic carbocycles. The number of benzene rings is 1. The molecule has 4 heteroatoms. The van der Waals surface area contributed by atoms with Crippen molar-refractivity contribution in [2.24, 2.45) is 11.7 Å². The van der Waals surface area contributed by atoms with Crippen LogP contribution in [0.5, 0.6) is 0 Å². The third kappa shape index (κ3) is 4.79. The van der Waals surface area contributed by atoms with Gasteiger partial charge >= 0.3 is 0 Å². The van der Waals surface area contributed by atoms with Gasteiger partial charge in [0, 0.05) is 26.2 Å². The summed E-state index contributed by atoms with van der Waals surface area (Å²) in [5, 5.41) is 0. The highest BCUT2D eigenvalue weighted by atomic mass is 16.2. The van der Waals surface area contributed by atoms with Crippen molar-refractivity contribution in [3.8, 4) is 0 Å². The lowest BCUT2D eigenvalue weighted by atomic mass is 9.93. The number of rotatable bonds is 7. The first-order chi connectivity index (χ1) is 11.2. The van der Waals surface area contributed by atoms with Gasteiger partial charge in [-0.2, -0.15) is 0 Å². The molecule has 2 N–H and O–H groups in total. The smallest absolute Gasteiger partial charge is 0.231 e. The molecule has 0 spiro atoms. The quantitative estimate of drug-likeness (QED) is 0.839. The van der Waals surface area contributed by atoms with Crippen molar-refractivity contribution in [3.05, 3.63) is 35.9 Å². The fraction of sp³-hybridized carbons (Fsp3) is 0.632. The maximum absolute atomic E-state index is 12.8. The zero-order valence-corrected chi connectivity index (χ0v) is 14.6. The molecule has 23 heavy (non-hydrogen) atoms. The van der Waals surface area contributed by atoms with Crippen LogP contribution in [0.3, 0.4) is 0 Å². The molecule has 0 saturated carbocycles. The summed E-state index contributed by atoms with van der Waals surface area (Å²) in [7, 11) is 0. The fourth-order valence-electron chi connectivity index (χ4n) is 3.47. The van der Waals surface area contributed by atoms with Gasteiger partial charge in [0.2, 0.25) is 5.91 Å². The van der Waals surface area contributed by atoms with Crippen LogP contribution in [0.1, 0.15) is 38.2 Å². The number of hydrogen-bond donors (Lipinski definition) is 1. The van der Waals surface area contributed by atoms with E-state index in [1.165, 1.54) is 0 Å². The summed E-state index contributed by atoms with van der Waals surface area (Å²) in [4.78, 5) is 17.3. The summed E-state index contributed by atoms with van der Waals surface area (Å²) < 4.78 is 0. The van der Waals surface area contributed by atoms with Gasteiger partial charge in [-0.25, -0.2) is 0 Å². The Kier molecular flexibility index (Phi) is 7.06. The Hall–Kier alpha value is -1.39. The second kappa shape index (κ2) is 9.04. The van der Waals surface area contributed by atoms with Crippen molar-refractivity contribution < 1.29 is 4.79 Å². The van der Waals surface area contributed by atoms with Crippen LogP contribution in [0, 0.1) is 5.92 Å². The first-order valence-corrected chi connectivity index (χ1v) is 8.95. The molecule has 4 nitrogen and oxygen atoms in total. The minimum Gasteiger partial charge on any atom is -0.342 e. The van der Waals surface area contributed by atoms with Gasteiger partial charge in [0.1, 0.15) is 0 Å². The number of carbonyl (C=O) groups excluding carboxylic acids is 1. The van der Waals surface area contributed by atoms with Gasteiger partial charge in [-0.3, -0.25) is 4.79 Å². The predicted molar refractivity (Wildman–Crippen MR) is 95.3 cm³/mol. The third-order valence-corrected chi connectivity index (χ3v) is 5.07. The van der Waals surface area contributed by atoms with Gasteiger partial charge in [0.15, 0.2) is 0 Å². The molecule has 1 atom stereocenters. The zero-order valence-electron chi connectivity index (χ0n) is 14.6. The van der Waals surface area contributed by atoms with Gasteiger partial charge < -0.3 is 15.5 Å². The van der Waals surface area contributed by atoms with Crippen molar-refractivity contribution in [1.29, 1.82) is 0 Å². The topological polar surface area (TPSA) is 49.6 Å². The van der Waals surface area contributed by atoms with E-state index in [0.29, 0.717) is 12.5 Å². The van der Waals surface area contributed by atoms with E-state index in [1.807, 2.05) is 35.2 Å². The van der Waals surface area contributed by atoms with Crippen LogP contribution in [0.4, 0.5) is 0 Å². The monoisotopic (exact) mass is 317 g/mol. The molecule has 1 saturated heterocycles. The minimum absolute atomic E-state index is 0.194. The second-order valence-corrected chi connectivity index (χ2v) is 6.45. The molecule has 1 aliphatic heterocycles. The molecular formula is C19H31N3O. The molecule has 0 aromatic heterocycles. The van der Waals surface area contributed by atoms with Crippen LogP contribution >= 0.6 is 0 Å². The third-order valence-electron chi connectivity index (χ3n) is 5.07. The molecule has 1 unspecified atom stereocenters. The van der Waals surface area contributed by atoms with Gasteiger partial charge in [0.05, 0.1) is 5.92 Å². The van der Waals surface area contributed by atoms with Crippen molar-refractivity contribution in [2.75, 3.05) is 39.3 Å². The number of nitrogens with two attached hydrogens (primary N) is 1. The number of likely N-dealkylation sites (tertiary alicyclic amines) is 1. The van der Waals surface area contributed by atoms with E-state index < -0.39 is 0 Å². The van der Waals surface area contributed by atoms with E-state index in [-0.39, 0.29) is 11.8 Å². The van der Waals surface area contributed by atoms with Gasteiger partial charge in [-0.15, -0.1) is 0 Å². The Morgan fingerprint density at radius 2 is 1.83 bits per heavy atom. The van der Waals surface area contributed by atoms with E-state index in [4.69, 9.17) is 5.73 Å². The lowest BCUT2D eigenvalue weighted by Gasteiger charge is -2.36. The SMILES string of the molecule is CCN(CC)CC1CCN(C(=O)C(CN)c2ccccc2)CC1. The van der Waals surface area contributed by atoms with Crippen molar-refractivity contribution >= 4 is 5.91 Å². The summed E-state index contributed by atoms with van der Waals surface area (Å²) in [5.41, 5.74) is 6.92. The highest BCUT2D eigenvalue weighted by molar-refractivity contribution is 5.84. The van der Waals surface area contributed by atoms with Crippen LogP contribution in [-0.4, -0.2) is 55.0 Å². The standard InChI is InChI=1S/C19H31N3O/c1-3-21(4-2)15-16-10-12-22(13-11-16)19(23)18(14-20)17-8-6-5-7-9-17/h5-9,16,18H,3-4,10-15,20H2,1-2H3. The number of piperidine rings is 1. The number of amides is 1. The highest BCUT2D eigenvalue weighted by Gasteiger charge is 2.28. The number of nitrogens with zero attached hydrogens (tertiary/aromatic N) is 2. The molecule has 2 rings (SSSR count). The Morgan fingerprint density at radius 1 is 1.22 bits per heavy atom. The minimum atomic E-state index is -0.199. The largest absolute Gasteiger partial charge is 0.342 e. The lowest BCUT2D eigenvalue weighted by molar-refractivity contribution is -0.134. The van der Waals surface area contributed by atoms with Gasteiger partial charge in [-0.1, -0.05) is 44.2 Å². The molecular weight excluding hydrogens is 286 g/mol. The van der Waals surface area contributed by atoms with Crippen molar-refractivity contribution in [3.63, 3.8) is 0 Å². The summed E-state index contributed by atoms with van der Waals surface area (Å²) in [6.45, 7) is 9.93. The van der Waals surface area contributed by atoms with Crippen LogP contribution in [0.2, 0.25) is 0 Å². The molecule has 1 aromatic carbocycles. The molecule has 1 amide bonds. The molecule has 0 bridgehead atoms. The molecule has 0 radical (unpaired) electrons. The molecule has 1 aromatic rings. The average Bonchev–Trinajstić information content (AvgIpc) is 2.61. The average molecular weight is 317 g/mol. The summed E-state index contributed by atoms with van der Waals surface area (Å²) >= 11 is 0. The zero-order chi connectivity index (χ0) is 16.7. The summed E-state index contributed by atoms with van der Waals surface area (Å²) in [5.74, 6) is 0.711. The van der Waals surface area contributed by atoms with Crippen LogP contribution in [0.25, 0.3) is 0 Å². The summed E-state index contributed by atoms with van der Waals surface area (Å²) in [6, 6.07) is 9.93. The highest BCUT2D eigenvalue weighted by Crippen LogP contribution is 2.23. The van der Waals surface area contributed by atoms with Gasteiger partial charge in [0.25, 0.3) is 0 Å². The normalized spacial score (nSPS) is 17.5. The van der Waals surface area contributed by atoms with Gasteiger partial charge in [-0.05, 0) is 37.4 Å². The summed E-state index contributed by atoms with van der Waals surface area (Å²) in [6.07, 6.45) is 2.21. The number of carbonyl (C=O) groups is 1. The Morgan fingerprint density at radius 3 is 2.35 bits per heavy atom. The maximum atomic E-state index is 12.8. The Balaban J connectivity index is 1.90. The van der Waals surface area contributed by atoms with E-state index >= 15 is 0 Å². The number of hydrogen-bond acceptors (Lipinski definition) is 3. The van der Waals surface area contributed by atoms with Crippen molar-refractivity contribution in [2.45, 2.75) is 32.6 Å². The lowest BCUT2D eigenvalue weighted by Crippen LogP contribution is -2.44. The van der Waals surface area contributed by atoms with Crippen LogP contribution < -0.4 is 5.73 Å². The fourth-order valence-corrected chi connectivity index (χ4v) is 3.47. The molecule has 1 fully saturated rings. The van der Waals surface area contributed by atoms with E-state index in [1.54, 1.807) is 0 Å². The second-order valence-electron chi connectivity index (χ2n) is 6.45. The van der Waals surface area contributed by atoms with Crippen LogP contribution in [0.15, 0.2) is 30.3 Å². The Bertz CT molecular complexity index is 465. The molecule has 1 heterocycles. The van der Waals surface area contributed by atoms with Crippen LogP contribution in [-0.2, 0) is 4.79 Å². The molecule has 128 valence electrons.